The topological polar surface area (TPSA) is 14.1 Å². The number of pyridine rings is 1. The first-order valence-corrected chi connectivity index (χ1v) is 3.60. The van der Waals surface area contributed by atoms with Gasteiger partial charge in [-0.25, -0.2) is 4.98 Å². The van der Waals surface area contributed by atoms with Crippen LogP contribution in [0.25, 0.3) is 0 Å². The van der Waals surface area contributed by atoms with Crippen molar-refractivity contribution >= 4 is 7.25 Å². The molecule has 0 saturated carbocycles. The van der Waals surface area contributed by atoms with Gasteiger partial charge in [0.25, 0.3) is 0 Å². The van der Waals surface area contributed by atoms with E-state index in [1.165, 1.54) is 11.1 Å². The Balaban J connectivity index is 0.000000252. The summed E-state index contributed by atoms with van der Waals surface area (Å²) >= 11 is 0. The van der Waals surface area contributed by atoms with Gasteiger partial charge in [0.2, 0.25) is 0 Å². The van der Waals surface area contributed by atoms with Crippen LogP contribution in [0, 0.1) is 13.8 Å². The van der Waals surface area contributed by atoms with Crippen molar-refractivity contribution in [2.75, 3.05) is 0 Å². The highest BCUT2D eigenvalue weighted by Gasteiger charge is 2.20. The zero-order chi connectivity index (χ0) is 10.5. The van der Waals surface area contributed by atoms with Crippen LogP contribution in [0.1, 0.15) is 11.1 Å². The molecule has 74 valence electrons. The molecular weight excluding hydrogens is 185 g/mol. The zero-order valence-corrected chi connectivity index (χ0v) is 7.32. The van der Waals surface area contributed by atoms with Gasteiger partial charge in [0.1, 0.15) is 0 Å². The highest BCUT2D eigenvalue weighted by atomic mass is 19.5. The Morgan fingerprint density at radius 3 is 1.46 bits per heavy atom. The normalized spacial score (nSPS) is 10.3. The van der Waals surface area contributed by atoms with Crippen LogP contribution in [0.2, 0.25) is 0 Å². The second-order valence-corrected chi connectivity index (χ2v) is 2.58. The third-order valence-corrected chi connectivity index (χ3v) is 1.08. The van der Waals surface area contributed by atoms with Gasteiger partial charge in [-0.3, -0.25) is 0 Å². The van der Waals surface area contributed by atoms with Gasteiger partial charge >= 0.3 is 7.25 Å². The molecule has 1 aromatic heterocycles. The van der Waals surface area contributed by atoms with Gasteiger partial charge in [0.05, 0.1) is 0 Å². The van der Waals surface area contributed by atoms with E-state index in [2.05, 4.69) is 24.9 Å². The monoisotopic (exact) mass is 195 g/mol. The molecule has 0 aliphatic rings. The number of H-pyrrole nitrogens is 1. The summed E-state index contributed by atoms with van der Waals surface area (Å²) in [6, 6.07) is 2.14. The minimum absolute atomic E-state index is 1.28. The lowest BCUT2D eigenvalue weighted by Gasteiger charge is -1.94. The lowest BCUT2D eigenvalue weighted by Crippen LogP contribution is -2.02. The number of hydrogen-bond donors (Lipinski definition) is 0. The molecule has 0 aromatic carbocycles. The summed E-state index contributed by atoms with van der Waals surface area (Å²) in [4.78, 5) is 3.03. The Bertz CT molecular complexity index is 238. The molecule has 1 aromatic rings. The van der Waals surface area contributed by atoms with E-state index in [0.717, 1.165) is 0 Å². The highest BCUT2D eigenvalue weighted by molar-refractivity contribution is 6.50. The summed E-state index contributed by atoms with van der Waals surface area (Å²) in [5.41, 5.74) is 2.56. The predicted octanol–water partition coefficient (Wildman–Crippen LogP) is 2.42. The Hall–Kier alpha value is -1.07. The molecule has 0 aliphatic heterocycles. The van der Waals surface area contributed by atoms with Gasteiger partial charge in [0, 0.05) is 11.1 Å². The molecule has 0 fully saturated rings. The molecule has 0 radical (unpaired) electrons. The van der Waals surface area contributed by atoms with E-state index in [0.29, 0.717) is 0 Å². The first kappa shape index (κ1) is 11.9. The van der Waals surface area contributed by atoms with E-state index in [9.17, 15) is 17.3 Å². The van der Waals surface area contributed by atoms with Gasteiger partial charge in [-0.1, -0.05) is 0 Å². The molecule has 0 amide bonds. The minimum Gasteiger partial charge on any atom is -0.418 e. The van der Waals surface area contributed by atoms with Crippen molar-refractivity contribution < 1.29 is 22.2 Å². The zero-order valence-electron chi connectivity index (χ0n) is 7.32. The van der Waals surface area contributed by atoms with Crippen molar-refractivity contribution in [2.24, 2.45) is 0 Å². The standard InChI is InChI=1S/C7H9N.BF4/c1-6-3-7(2)5-8-4-6;2-1(3,4)5/h3-5H,1-2H3;/q;-1/p+1. The van der Waals surface area contributed by atoms with Gasteiger partial charge < -0.3 is 17.3 Å². The van der Waals surface area contributed by atoms with Crippen LogP contribution in [0.15, 0.2) is 18.5 Å². The fraction of sp³-hybridized carbons (Fsp3) is 0.286. The average Bonchev–Trinajstić information content (AvgIpc) is 1.81. The molecule has 0 unspecified atom stereocenters. The van der Waals surface area contributed by atoms with Gasteiger partial charge in [-0.05, 0) is 19.9 Å². The average molecular weight is 195 g/mol. The van der Waals surface area contributed by atoms with Gasteiger partial charge in [-0.15, -0.1) is 0 Å². The van der Waals surface area contributed by atoms with E-state index in [-0.39, 0.29) is 0 Å². The third-order valence-electron chi connectivity index (χ3n) is 1.08. The molecule has 1 heterocycles. The lowest BCUT2D eigenvalue weighted by atomic mass is 10.2. The summed E-state index contributed by atoms with van der Waals surface area (Å²) in [7, 11) is -6.00. The van der Waals surface area contributed by atoms with Gasteiger partial charge in [-0.2, -0.15) is 0 Å². The fourth-order valence-corrected chi connectivity index (χ4v) is 0.747. The molecule has 1 rings (SSSR count). The van der Waals surface area contributed by atoms with E-state index >= 15 is 0 Å². The molecule has 0 bridgehead atoms. The number of aromatic amines is 1. The maximum absolute atomic E-state index is 9.75. The van der Waals surface area contributed by atoms with Crippen LogP contribution in [0.3, 0.4) is 0 Å². The first-order valence-electron chi connectivity index (χ1n) is 3.60. The third kappa shape index (κ3) is 10.9. The summed E-state index contributed by atoms with van der Waals surface area (Å²) in [6.07, 6.45) is 3.96. The van der Waals surface area contributed by atoms with Crippen LogP contribution in [0.5, 0.6) is 0 Å². The number of rotatable bonds is 0. The van der Waals surface area contributed by atoms with Crippen LogP contribution < -0.4 is 4.98 Å². The Morgan fingerprint density at radius 1 is 1.00 bits per heavy atom. The summed E-state index contributed by atoms with van der Waals surface area (Å²) in [6.45, 7) is 4.15. The van der Waals surface area contributed by atoms with Crippen LogP contribution in [-0.2, 0) is 0 Å². The van der Waals surface area contributed by atoms with Crippen molar-refractivity contribution in [1.29, 1.82) is 0 Å². The first-order chi connectivity index (χ1) is 5.79. The molecule has 0 aliphatic carbocycles. The second kappa shape index (κ2) is 4.84. The molecule has 6 heteroatoms. The summed E-state index contributed by atoms with van der Waals surface area (Å²) < 4.78 is 39.0. The Kier molecular flexibility index (Phi) is 4.44. The van der Waals surface area contributed by atoms with E-state index in [1.807, 2.05) is 12.4 Å². The van der Waals surface area contributed by atoms with Crippen molar-refractivity contribution in [1.82, 2.24) is 0 Å². The van der Waals surface area contributed by atoms with E-state index in [1.54, 1.807) is 0 Å². The Morgan fingerprint density at radius 2 is 1.31 bits per heavy atom. The molecule has 0 atom stereocenters. The van der Waals surface area contributed by atoms with E-state index in [4.69, 9.17) is 0 Å². The molecule has 0 spiro atoms. The van der Waals surface area contributed by atoms with Crippen LogP contribution >= 0.6 is 0 Å². The van der Waals surface area contributed by atoms with Crippen LogP contribution in [-0.4, -0.2) is 7.25 Å². The minimum atomic E-state index is -6.00. The maximum Gasteiger partial charge on any atom is 0.673 e. The summed E-state index contributed by atoms with van der Waals surface area (Å²) in [5, 5.41) is 0. The Labute approximate surface area is 73.9 Å². The highest BCUT2D eigenvalue weighted by Crippen LogP contribution is 2.06. The smallest absolute Gasteiger partial charge is 0.418 e. The number of hydrogen-bond acceptors (Lipinski definition) is 0. The molecular formula is C7H10BF4N. The number of aromatic nitrogens is 1. The molecule has 1 nitrogen and oxygen atoms in total. The van der Waals surface area contributed by atoms with Crippen LogP contribution in [0.4, 0.5) is 17.3 Å². The predicted molar refractivity (Wildman–Crippen MR) is 42.7 cm³/mol. The molecule has 0 saturated heterocycles. The van der Waals surface area contributed by atoms with Crippen molar-refractivity contribution in [2.45, 2.75) is 13.8 Å². The summed E-state index contributed by atoms with van der Waals surface area (Å²) in [5.74, 6) is 0. The quantitative estimate of drug-likeness (QED) is 0.445. The second-order valence-electron chi connectivity index (χ2n) is 2.58. The van der Waals surface area contributed by atoms with Gasteiger partial charge in [0.15, 0.2) is 12.4 Å². The number of halogens is 4. The number of nitrogens with one attached hydrogen (secondary N) is 1. The number of aryl methyl sites for hydroxylation is 2. The molecule has 1 N–H and O–H groups in total. The van der Waals surface area contributed by atoms with Crippen molar-refractivity contribution in [3.8, 4) is 0 Å². The largest absolute Gasteiger partial charge is 0.673 e. The molecule has 13 heavy (non-hydrogen) atoms. The maximum atomic E-state index is 9.75. The lowest BCUT2D eigenvalue weighted by molar-refractivity contribution is -0.379. The fourth-order valence-electron chi connectivity index (χ4n) is 0.747. The van der Waals surface area contributed by atoms with Crippen molar-refractivity contribution in [3.05, 3.63) is 29.6 Å². The van der Waals surface area contributed by atoms with E-state index < -0.39 is 7.25 Å². The van der Waals surface area contributed by atoms with Crippen molar-refractivity contribution in [3.63, 3.8) is 0 Å². The SMILES string of the molecule is Cc1c[nH+]cc(C)c1.F[B-](F)(F)F.